The molecule has 0 saturated heterocycles. The smallest absolute Gasteiger partial charge is 0.411 e. The van der Waals surface area contributed by atoms with Gasteiger partial charge in [-0.05, 0) is 12.1 Å². The van der Waals surface area contributed by atoms with Gasteiger partial charge in [-0.25, -0.2) is 4.79 Å². The number of furan rings is 1. The van der Waals surface area contributed by atoms with Gasteiger partial charge in [0, 0.05) is 5.39 Å². The van der Waals surface area contributed by atoms with Crippen LogP contribution in [0.1, 0.15) is 0 Å². The Hall–Kier alpha value is -1.97. The molecule has 0 aliphatic rings. The summed E-state index contributed by atoms with van der Waals surface area (Å²) in [6.45, 7) is 0. The number of ether oxygens (including phenoxy) is 1. The van der Waals surface area contributed by atoms with Crippen molar-refractivity contribution in [3.05, 3.63) is 30.5 Å². The van der Waals surface area contributed by atoms with Gasteiger partial charge in [-0.2, -0.15) is 0 Å². The predicted octanol–water partition coefficient (Wildman–Crippen LogP) is 2.61. The van der Waals surface area contributed by atoms with Gasteiger partial charge in [0.05, 0.1) is 12.8 Å². The number of amides is 1. The lowest BCUT2D eigenvalue weighted by molar-refractivity contribution is 0.187. The molecule has 0 unspecified atom stereocenters. The van der Waals surface area contributed by atoms with Crippen LogP contribution in [0.5, 0.6) is 0 Å². The maximum absolute atomic E-state index is 10.9. The molecule has 1 aromatic carbocycles. The highest BCUT2D eigenvalue weighted by Crippen LogP contribution is 2.25. The molecule has 0 bridgehead atoms. The van der Waals surface area contributed by atoms with Crippen molar-refractivity contribution in [3.63, 3.8) is 0 Å². The van der Waals surface area contributed by atoms with Crippen LogP contribution in [0.15, 0.2) is 34.9 Å². The SMILES string of the molecule is COC(=O)Nc1coc2ccccc12. The van der Waals surface area contributed by atoms with Crippen molar-refractivity contribution < 1.29 is 13.9 Å². The van der Waals surface area contributed by atoms with Crippen LogP contribution < -0.4 is 5.32 Å². The van der Waals surface area contributed by atoms with Gasteiger partial charge >= 0.3 is 6.09 Å². The Morgan fingerprint density at radius 2 is 2.21 bits per heavy atom. The van der Waals surface area contributed by atoms with E-state index >= 15 is 0 Å². The van der Waals surface area contributed by atoms with E-state index in [0.29, 0.717) is 5.69 Å². The normalized spacial score (nSPS) is 10.1. The van der Waals surface area contributed by atoms with Gasteiger partial charge in [-0.15, -0.1) is 0 Å². The van der Waals surface area contributed by atoms with Crippen LogP contribution in [-0.2, 0) is 4.74 Å². The first kappa shape index (κ1) is 8.62. The number of para-hydroxylation sites is 1. The number of methoxy groups -OCH3 is 1. The average molecular weight is 191 g/mol. The lowest BCUT2D eigenvalue weighted by Gasteiger charge is -1.99. The van der Waals surface area contributed by atoms with E-state index in [0.717, 1.165) is 11.0 Å². The zero-order valence-electron chi connectivity index (χ0n) is 7.61. The minimum absolute atomic E-state index is 0.503. The molecular formula is C10H9NO3. The molecule has 0 spiro atoms. The molecule has 4 heteroatoms. The van der Waals surface area contributed by atoms with Gasteiger partial charge in [0.1, 0.15) is 11.8 Å². The summed E-state index contributed by atoms with van der Waals surface area (Å²) < 4.78 is 9.70. The number of rotatable bonds is 1. The average Bonchev–Trinajstić information content (AvgIpc) is 2.62. The quantitative estimate of drug-likeness (QED) is 0.753. The molecule has 0 atom stereocenters. The highest BCUT2D eigenvalue weighted by atomic mass is 16.5. The summed E-state index contributed by atoms with van der Waals surface area (Å²) in [6.07, 6.45) is 0.984. The number of hydrogen-bond acceptors (Lipinski definition) is 3. The first-order valence-electron chi connectivity index (χ1n) is 4.12. The fraction of sp³-hybridized carbons (Fsp3) is 0.100. The topological polar surface area (TPSA) is 51.5 Å². The zero-order valence-corrected chi connectivity index (χ0v) is 7.61. The molecule has 2 aromatic rings. The molecule has 2 rings (SSSR count). The number of nitrogens with one attached hydrogen (secondary N) is 1. The van der Waals surface area contributed by atoms with Gasteiger partial charge < -0.3 is 9.15 Å². The van der Waals surface area contributed by atoms with Crippen LogP contribution >= 0.6 is 0 Å². The Bertz CT molecular complexity index is 461. The number of anilines is 1. The second kappa shape index (κ2) is 3.41. The molecule has 1 heterocycles. The summed E-state index contributed by atoms with van der Waals surface area (Å²) in [5.74, 6) is 0. The highest BCUT2D eigenvalue weighted by Gasteiger charge is 2.07. The monoisotopic (exact) mass is 191 g/mol. The third-order valence-corrected chi connectivity index (χ3v) is 1.90. The van der Waals surface area contributed by atoms with Crippen molar-refractivity contribution in [3.8, 4) is 0 Å². The molecule has 0 fully saturated rings. The Labute approximate surface area is 80.5 Å². The number of carbonyl (C=O) groups excluding carboxylic acids is 1. The van der Waals surface area contributed by atoms with Crippen LogP contribution in [0, 0.1) is 0 Å². The van der Waals surface area contributed by atoms with E-state index in [1.54, 1.807) is 0 Å². The van der Waals surface area contributed by atoms with Crippen LogP contribution in [0.4, 0.5) is 10.5 Å². The summed E-state index contributed by atoms with van der Waals surface area (Å²) in [6, 6.07) is 7.44. The van der Waals surface area contributed by atoms with Crippen LogP contribution in [0.2, 0.25) is 0 Å². The molecule has 0 aliphatic carbocycles. The second-order valence-electron chi connectivity index (χ2n) is 2.76. The molecule has 14 heavy (non-hydrogen) atoms. The van der Waals surface area contributed by atoms with Crippen molar-refractivity contribution in [2.75, 3.05) is 12.4 Å². The van der Waals surface area contributed by atoms with Crippen LogP contribution in [-0.4, -0.2) is 13.2 Å². The summed E-state index contributed by atoms with van der Waals surface area (Å²) in [7, 11) is 1.32. The fourth-order valence-electron chi connectivity index (χ4n) is 1.24. The zero-order chi connectivity index (χ0) is 9.97. The number of hydrogen-bond donors (Lipinski definition) is 1. The summed E-state index contributed by atoms with van der Waals surface area (Å²) in [4.78, 5) is 10.9. The number of fused-ring (bicyclic) bond motifs is 1. The van der Waals surface area contributed by atoms with Gasteiger partial charge in [0.15, 0.2) is 0 Å². The van der Waals surface area contributed by atoms with Crippen LogP contribution in [0.3, 0.4) is 0 Å². The molecule has 0 saturated carbocycles. The molecule has 0 aliphatic heterocycles. The maximum atomic E-state index is 10.9. The third kappa shape index (κ3) is 1.42. The van der Waals surface area contributed by atoms with E-state index in [1.165, 1.54) is 13.4 Å². The van der Waals surface area contributed by atoms with E-state index < -0.39 is 6.09 Å². The number of carbonyl (C=O) groups is 1. The molecule has 72 valence electrons. The largest absolute Gasteiger partial charge is 0.462 e. The standard InChI is InChI=1S/C10H9NO3/c1-13-10(12)11-8-6-14-9-5-3-2-4-7(8)9/h2-6H,1H3,(H,11,12). The summed E-state index contributed by atoms with van der Waals surface area (Å²) >= 11 is 0. The van der Waals surface area contributed by atoms with E-state index in [1.807, 2.05) is 24.3 Å². The molecule has 1 amide bonds. The molecule has 4 nitrogen and oxygen atoms in total. The van der Waals surface area contributed by atoms with Crippen molar-refractivity contribution in [2.45, 2.75) is 0 Å². The van der Waals surface area contributed by atoms with Gasteiger partial charge in [-0.1, -0.05) is 12.1 Å². The van der Waals surface area contributed by atoms with Crippen molar-refractivity contribution in [1.82, 2.24) is 0 Å². The van der Waals surface area contributed by atoms with E-state index in [4.69, 9.17) is 4.42 Å². The van der Waals surface area contributed by atoms with E-state index in [9.17, 15) is 4.79 Å². The Kier molecular flexibility index (Phi) is 2.10. The van der Waals surface area contributed by atoms with Crippen molar-refractivity contribution in [1.29, 1.82) is 0 Å². The summed E-state index contributed by atoms with van der Waals surface area (Å²) in [5.41, 5.74) is 1.35. The minimum Gasteiger partial charge on any atom is -0.462 e. The van der Waals surface area contributed by atoms with E-state index in [-0.39, 0.29) is 0 Å². The first-order chi connectivity index (χ1) is 6.81. The van der Waals surface area contributed by atoms with E-state index in [2.05, 4.69) is 10.1 Å². The molecule has 1 aromatic heterocycles. The number of benzene rings is 1. The predicted molar refractivity (Wildman–Crippen MR) is 52.2 cm³/mol. The third-order valence-electron chi connectivity index (χ3n) is 1.90. The van der Waals surface area contributed by atoms with Gasteiger partial charge in [-0.3, -0.25) is 5.32 Å². The Morgan fingerprint density at radius 1 is 1.43 bits per heavy atom. The lowest BCUT2D eigenvalue weighted by atomic mass is 10.2. The van der Waals surface area contributed by atoms with Gasteiger partial charge in [0.25, 0.3) is 0 Å². The van der Waals surface area contributed by atoms with Crippen LogP contribution in [0.25, 0.3) is 11.0 Å². The maximum Gasteiger partial charge on any atom is 0.411 e. The van der Waals surface area contributed by atoms with Crippen molar-refractivity contribution in [2.24, 2.45) is 0 Å². The lowest BCUT2D eigenvalue weighted by Crippen LogP contribution is -2.10. The molecule has 0 radical (unpaired) electrons. The second-order valence-corrected chi connectivity index (χ2v) is 2.76. The highest BCUT2D eigenvalue weighted by molar-refractivity contribution is 5.98. The fourth-order valence-corrected chi connectivity index (χ4v) is 1.24. The Morgan fingerprint density at radius 3 is 3.00 bits per heavy atom. The summed E-state index contributed by atoms with van der Waals surface area (Å²) in [5, 5.41) is 3.42. The Balaban J connectivity index is 2.38. The van der Waals surface area contributed by atoms with Crippen molar-refractivity contribution >= 4 is 22.7 Å². The first-order valence-corrected chi connectivity index (χ1v) is 4.12. The molecule has 1 N–H and O–H groups in total. The van der Waals surface area contributed by atoms with Gasteiger partial charge in [0.2, 0.25) is 0 Å². The minimum atomic E-state index is -0.503. The molecular weight excluding hydrogens is 182 g/mol.